The van der Waals surface area contributed by atoms with E-state index in [0.29, 0.717) is 11.8 Å². The second-order valence-corrected chi connectivity index (χ2v) is 5.06. The molecule has 90 valence electrons. The summed E-state index contributed by atoms with van der Waals surface area (Å²) in [6, 6.07) is 0. The highest BCUT2D eigenvalue weighted by molar-refractivity contribution is 4.87. The molecule has 1 aliphatic carbocycles. The van der Waals surface area contributed by atoms with Crippen molar-refractivity contribution in [1.82, 2.24) is 0 Å². The molecule has 0 radical (unpaired) electrons. The van der Waals surface area contributed by atoms with Crippen LogP contribution in [-0.2, 0) is 4.74 Å². The predicted molar refractivity (Wildman–Crippen MR) is 57.2 cm³/mol. The van der Waals surface area contributed by atoms with Crippen LogP contribution in [0.25, 0.3) is 0 Å². The van der Waals surface area contributed by atoms with Gasteiger partial charge in [-0.05, 0) is 38.0 Å². The molecule has 0 atom stereocenters. The molecule has 0 aromatic rings. The molecule has 1 saturated carbocycles. The van der Waals surface area contributed by atoms with Gasteiger partial charge in [0.2, 0.25) is 5.92 Å². The van der Waals surface area contributed by atoms with Crippen molar-refractivity contribution in [3.63, 3.8) is 0 Å². The number of unbranched alkanes of at least 4 members (excludes halogenated alkanes) is 1. The molecule has 0 aromatic carbocycles. The van der Waals surface area contributed by atoms with Gasteiger partial charge in [0.05, 0.1) is 6.61 Å². The van der Waals surface area contributed by atoms with Gasteiger partial charge in [0.25, 0.3) is 0 Å². The van der Waals surface area contributed by atoms with E-state index in [-0.39, 0.29) is 6.42 Å². The molecule has 1 fully saturated rings. The van der Waals surface area contributed by atoms with Crippen LogP contribution < -0.4 is 0 Å². The molecule has 3 heteroatoms. The number of alkyl halides is 2. The first kappa shape index (κ1) is 12.9. The minimum Gasteiger partial charge on any atom is -0.384 e. The highest BCUT2D eigenvalue weighted by Gasteiger charge is 2.36. The second-order valence-electron chi connectivity index (χ2n) is 5.06. The van der Waals surface area contributed by atoms with Crippen LogP contribution in [0.2, 0.25) is 0 Å². The number of hydrogen-bond donors (Lipinski definition) is 0. The van der Waals surface area contributed by atoms with Gasteiger partial charge in [-0.3, -0.25) is 0 Å². The van der Waals surface area contributed by atoms with Crippen molar-refractivity contribution in [2.24, 2.45) is 5.41 Å². The first-order chi connectivity index (χ1) is 6.97. The molecular weight excluding hydrogens is 198 g/mol. The lowest BCUT2D eigenvalue weighted by atomic mass is 9.66. The molecule has 0 bridgehead atoms. The van der Waals surface area contributed by atoms with Gasteiger partial charge in [0.1, 0.15) is 0 Å². The van der Waals surface area contributed by atoms with E-state index in [4.69, 9.17) is 4.74 Å². The Balaban J connectivity index is 2.13. The summed E-state index contributed by atoms with van der Waals surface area (Å²) in [5.41, 5.74) is 0.331. The van der Waals surface area contributed by atoms with Gasteiger partial charge >= 0.3 is 0 Å². The summed E-state index contributed by atoms with van der Waals surface area (Å²) in [5, 5.41) is 0. The standard InChI is InChI=1S/C12H22F2O/c1-11(13,14)6-3-4-7-12(10-15-2)8-5-9-12/h3-10H2,1-2H3. The molecule has 1 nitrogen and oxygen atoms in total. The maximum absolute atomic E-state index is 12.6. The lowest BCUT2D eigenvalue weighted by Crippen LogP contribution is -2.34. The molecule has 0 N–H and O–H groups in total. The SMILES string of the molecule is COCC1(CCCCC(C)(F)F)CCC1. The Hall–Kier alpha value is -0.180. The summed E-state index contributed by atoms with van der Waals surface area (Å²) in [4.78, 5) is 0. The molecule has 1 aliphatic rings. The van der Waals surface area contributed by atoms with Gasteiger partial charge in [0.15, 0.2) is 0 Å². The number of methoxy groups -OCH3 is 1. The molecule has 0 heterocycles. The average Bonchev–Trinajstić information content (AvgIpc) is 2.06. The summed E-state index contributed by atoms with van der Waals surface area (Å²) in [7, 11) is 1.72. The third kappa shape index (κ3) is 4.45. The first-order valence-corrected chi connectivity index (χ1v) is 5.84. The smallest absolute Gasteiger partial charge is 0.245 e. The molecule has 0 unspecified atom stereocenters. The maximum atomic E-state index is 12.6. The lowest BCUT2D eigenvalue weighted by Gasteiger charge is -2.41. The van der Waals surface area contributed by atoms with Crippen molar-refractivity contribution in [1.29, 1.82) is 0 Å². The van der Waals surface area contributed by atoms with Crippen LogP contribution in [0, 0.1) is 5.41 Å². The van der Waals surface area contributed by atoms with Gasteiger partial charge in [0, 0.05) is 13.5 Å². The van der Waals surface area contributed by atoms with E-state index in [1.807, 2.05) is 0 Å². The van der Waals surface area contributed by atoms with E-state index in [2.05, 4.69) is 0 Å². The van der Waals surface area contributed by atoms with Crippen LogP contribution in [-0.4, -0.2) is 19.6 Å². The monoisotopic (exact) mass is 220 g/mol. The van der Waals surface area contributed by atoms with Crippen molar-refractivity contribution in [2.45, 2.75) is 57.8 Å². The molecule has 0 aliphatic heterocycles. The normalized spacial score (nSPS) is 20.0. The van der Waals surface area contributed by atoms with Gasteiger partial charge in [-0.15, -0.1) is 0 Å². The van der Waals surface area contributed by atoms with E-state index in [9.17, 15) is 8.78 Å². The van der Waals surface area contributed by atoms with Gasteiger partial charge < -0.3 is 4.74 Å². The fourth-order valence-corrected chi connectivity index (χ4v) is 2.38. The van der Waals surface area contributed by atoms with Crippen LogP contribution in [0.15, 0.2) is 0 Å². The maximum Gasteiger partial charge on any atom is 0.245 e. The van der Waals surface area contributed by atoms with E-state index in [1.54, 1.807) is 7.11 Å². The highest BCUT2D eigenvalue weighted by atomic mass is 19.3. The van der Waals surface area contributed by atoms with Crippen molar-refractivity contribution < 1.29 is 13.5 Å². The number of rotatable bonds is 7. The second kappa shape index (κ2) is 5.24. The first-order valence-electron chi connectivity index (χ1n) is 5.84. The summed E-state index contributed by atoms with van der Waals surface area (Å²) in [6.07, 6.45) is 6.31. The van der Waals surface area contributed by atoms with Crippen LogP contribution in [0.5, 0.6) is 0 Å². The molecule has 0 spiro atoms. The minimum atomic E-state index is -2.49. The lowest BCUT2D eigenvalue weighted by molar-refractivity contribution is -0.00340. The van der Waals surface area contributed by atoms with E-state index in [1.165, 1.54) is 19.3 Å². The Morgan fingerprint density at radius 1 is 1.27 bits per heavy atom. The Bertz CT molecular complexity index is 183. The summed E-state index contributed by atoms with van der Waals surface area (Å²) < 4.78 is 30.3. The zero-order valence-electron chi connectivity index (χ0n) is 9.82. The fraction of sp³-hybridized carbons (Fsp3) is 1.00. The van der Waals surface area contributed by atoms with Crippen LogP contribution in [0.4, 0.5) is 8.78 Å². The van der Waals surface area contributed by atoms with E-state index >= 15 is 0 Å². The molecule has 1 rings (SSSR count). The van der Waals surface area contributed by atoms with Crippen LogP contribution in [0.3, 0.4) is 0 Å². The average molecular weight is 220 g/mol. The molecule has 0 aromatic heterocycles. The van der Waals surface area contributed by atoms with Crippen LogP contribution in [0.1, 0.15) is 51.9 Å². The van der Waals surface area contributed by atoms with Crippen molar-refractivity contribution in [3.8, 4) is 0 Å². The number of halogens is 2. The zero-order chi connectivity index (χ0) is 11.4. The Labute approximate surface area is 91.2 Å². The Kier molecular flexibility index (Phi) is 4.50. The molecular formula is C12H22F2O. The van der Waals surface area contributed by atoms with Crippen molar-refractivity contribution >= 4 is 0 Å². The predicted octanol–water partition coefficient (Wildman–Crippen LogP) is 4.02. The summed E-state index contributed by atoms with van der Waals surface area (Å²) in [6.45, 7) is 1.80. The van der Waals surface area contributed by atoms with E-state index in [0.717, 1.165) is 26.4 Å². The summed E-state index contributed by atoms with van der Waals surface area (Å²) in [5.74, 6) is -2.49. The minimum absolute atomic E-state index is 0.0239. The van der Waals surface area contributed by atoms with E-state index < -0.39 is 5.92 Å². The molecule has 15 heavy (non-hydrogen) atoms. The third-order valence-corrected chi connectivity index (χ3v) is 3.44. The quantitative estimate of drug-likeness (QED) is 0.589. The van der Waals surface area contributed by atoms with Gasteiger partial charge in [-0.1, -0.05) is 12.8 Å². The third-order valence-electron chi connectivity index (χ3n) is 3.44. The number of ether oxygens (including phenoxy) is 1. The summed E-state index contributed by atoms with van der Waals surface area (Å²) >= 11 is 0. The Morgan fingerprint density at radius 3 is 2.33 bits per heavy atom. The number of hydrogen-bond acceptors (Lipinski definition) is 1. The van der Waals surface area contributed by atoms with Gasteiger partial charge in [-0.25, -0.2) is 8.78 Å². The van der Waals surface area contributed by atoms with Crippen molar-refractivity contribution in [2.75, 3.05) is 13.7 Å². The topological polar surface area (TPSA) is 9.23 Å². The van der Waals surface area contributed by atoms with Gasteiger partial charge in [-0.2, -0.15) is 0 Å². The molecule has 0 saturated heterocycles. The fourth-order valence-electron chi connectivity index (χ4n) is 2.38. The zero-order valence-corrected chi connectivity index (χ0v) is 9.82. The van der Waals surface area contributed by atoms with Crippen molar-refractivity contribution in [3.05, 3.63) is 0 Å². The van der Waals surface area contributed by atoms with Crippen LogP contribution >= 0.6 is 0 Å². The highest BCUT2D eigenvalue weighted by Crippen LogP contribution is 2.45. The largest absolute Gasteiger partial charge is 0.384 e. The molecule has 0 amide bonds. The Morgan fingerprint density at radius 2 is 1.93 bits per heavy atom.